The fraction of sp³-hybridized carbons (Fsp3) is 0.875. The van der Waals surface area contributed by atoms with Crippen LogP contribution in [0.15, 0.2) is 0 Å². The van der Waals surface area contributed by atoms with Crippen LogP contribution in [0.25, 0.3) is 0 Å². The number of amides is 1. The van der Waals surface area contributed by atoms with Crippen molar-refractivity contribution in [2.45, 2.75) is 63.8 Å². The third-order valence-electron chi connectivity index (χ3n) is 5.27. The third kappa shape index (κ3) is 4.19. The topological polar surface area (TPSA) is 78.4 Å². The maximum atomic E-state index is 12.1. The Morgan fingerprint density at radius 3 is 2.48 bits per heavy atom. The number of carboxylic acids is 1. The molecular weight excluding hydrogens is 268 g/mol. The zero-order chi connectivity index (χ0) is 15.3. The Hall–Kier alpha value is -1.10. The first-order valence-electron chi connectivity index (χ1n) is 8.31. The lowest BCUT2D eigenvalue weighted by Crippen LogP contribution is -2.56. The van der Waals surface area contributed by atoms with E-state index >= 15 is 0 Å². The second kappa shape index (κ2) is 7.25. The molecular formula is C16H28N2O3. The van der Waals surface area contributed by atoms with Gasteiger partial charge in [-0.15, -0.1) is 0 Å². The van der Waals surface area contributed by atoms with Crippen LogP contribution in [0.5, 0.6) is 0 Å². The van der Waals surface area contributed by atoms with Crippen LogP contribution in [-0.2, 0) is 9.59 Å². The van der Waals surface area contributed by atoms with E-state index in [1.807, 2.05) is 0 Å². The van der Waals surface area contributed by atoms with Gasteiger partial charge in [-0.3, -0.25) is 4.79 Å². The SMILES string of the molecule is CCC1CCC(NC(=O)CCC2CCNC2)(C(=O)O)CC1. The van der Waals surface area contributed by atoms with Crippen molar-refractivity contribution in [3.05, 3.63) is 0 Å². The van der Waals surface area contributed by atoms with E-state index in [0.717, 1.165) is 45.2 Å². The van der Waals surface area contributed by atoms with E-state index < -0.39 is 11.5 Å². The molecule has 0 bridgehead atoms. The normalized spacial score (nSPS) is 32.8. The first-order valence-corrected chi connectivity index (χ1v) is 8.31. The molecule has 1 amide bonds. The number of carbonyl (C=O) groups is 2. The molecule has 21 heavy (non-hydrogen) atoms. The smallest absolute Gasteiger partial charge is 0.329 e. The highest BCUT2D eigenvalue weighted by Crippen LogP contribution is 2.34. The first-order chi connectivity index (χ1) is 10.1. The predicted molar refractivity (Wildman–Crippen MR) is 81.0 cm³/mol. The Morgan fingerprint density at radius 1 is 1.24 bits per heavy atom. The van der Waals surface area contributed by atoms with Gasteiger partial charge in [0.1, 0.15) is 5.54 Å². The van der Waals surface area contributed by atoms with Gasteiger partial charge in [-0.25, -0.2) is 4.79 Å². The van der Waals surface area contributed by atoms with Crippen molar-refractivity contribution in [3.8, 4) is 0 Å². The molecule has 0 radical (unpaired) electrons. The molecule has 1 unspecified atom stereocenters. The summed E-state index contributed by atoms with van der Waals surface area (Å²) in [4.78, 5) is 23.8. The number of hydrogen-bond acceptors (Lipinski definition) is 3. The van der Waals surface area contributed by atoms with Gasteiger partial charge in [-0.2, -0.15) is 0 Å². The molecule has 5 nitrogen and oxygen atoms in total. The predicted octanol–water partition coefficient (Wildman–Crippen LogP) is 1.92. The lowest BCUT2D eigenvalue weighted by molar-refractivity contribution is -0.149. The van der Waals surface area contributed by atoms with Crippen molar-refractivity contribution in [1.29, 1.82) is 0 Å². The van der Waals surface area contributed by atoms with Crippen molar-refractivity contribution in [3.63, 3.8) is 0 Å². The van der Waals surface area contributed by atoms with Gasteiger partial charge >= 0.3 is 5.97 Å². The van der Waals surface area contributed by atoms with Gasteiger partial charge in [0.05, 0.1) is 0 Å². The highest BCUT2D eigenvalue weighted by atomic mass is 16.4. The monoisotopic (exact) mass is 296 g/mol. The summed E-state index contributed by atoms with van der Waals surface area (Å²) in [5.74, 6) is 0.207. The number of nitrogens with one attached hydrogen (secondary N) is 2. The molecule has 0 aromatic rings. The summed E-state index contributed by atoms with van der Waals surface area (Å²) < 4.78 is 0. The quantitative estimate of drug-likeness (QED) is 0.699. The maximum absolute atomic E-state index is 12.1. The molecule has 1 saturated heterocycles. The van der Waals surface area contributed by atoms with Crippen LogP contribution in [-0.4, -0.2) is 35.6 Å². The molecule has 1 saturated carbocycles. The Bertz CT molecular complexity index is 370. The van der Waals surface area contributed by atoms with Crippen LogP contribution in [0.4, 0.5) is 0 Å². The fourth-order valence-electron chi connectivity index (χ4n) is 3.60. The summed E-state index contributed by atoms with van der Waals surface area (Å²) in [7, 11) is 0. The lowest BCUT2D eigenvalue weighted by Gasteiger charge is -2.37. The van der Waals surface area contributed by atoms with E-state index in [9.17, 15) is 14.7 Å². The number of aliphatic carboxylic acids is 1. The molecule has 1 heterocycles. The van der Waals surface area contributed by atoms with Gasteiger partial charge in [0.15, 0.2) is 0 Å². The van der Waals surface area contributed by atoms with Crippen LogP contribution >= 0.6 is 0 Å². The van der Waals surface area contributed by atoms with E-state index in [2.05, 4.69) is 17.6 Å². The van der Waals surface area contributed by atoms with E-state index in [-0.39, 0.29) is 5.91 Å². The number of hydrogen-bond donors (Lipinski definition) is 3. The van der Waals surface area contributed by atoms with Crippen molar-refractivity contribution < 1.29 is 14.7 Å². The second-order valence-electron chi connectivity index (χ2n) is 6.68. The highest BCUT2D eigenvalue weighted by molar-refractivity contribution is 5.87. The van der Waals surface area contributed by atoms with Gasteiger partial charge in [0.2, 0.25) is 5.91 Å². The van der Waals surface area contributed by atoms with Crippen LogP contribution in [0, 0.1) is 11.8 Å². The van der Waals surface area contributed by atoms with Crippen molar-refractivity contribution >= 4 is 11.9 Å². The van der Waals surface area contributed by atoms with Crippen LogP contribution in [0.2, 0.25) is 0 Å². The fourth-order valence-corrected chi connectivity index (χ4v) is 3.60. The number of rotatable bonds is 6. The number of carboxylic acid groups (broad SMARTS) is 1. The van der Waals surface area contributed by atoms with Crippen molar-refractivity contribution in [1.82, 2.24) is 10.6 Å². The average molecular weight is 296 g/mol. The zero-order valence-electron chi connectivity index (χ0n) is 13.0. The Labute approximate surface area is 126 Å². The molecule has 0 spiro atoms. The molecule has 3 N–H and O–H groups in total. The van der Waals surface area contributed by atoms with Gasteiger partial charge in [0, 0.05) is 6.42 Å². The van der Waals surface area contributed by atoms with Crippen LogP contribution in [0.1, 0.15) is 58.3 Å². The zero-order valence-corrected chi connectivity index (χ0v) is 13.0. The third-order valence-corrected chi connectivity index (χ3v) is 5.27. The molecule has 1 aliphatic carbocycles. The first kappa shape index (κ1) is 16.3. The van der Waals surface area contributed by atoms with Crippen molar-refractivity contribution in [2.75, 3.05) is 13.1 Å². The summed E-state index contributed by atoms with van der Waals surface area (Å²) in [6, 6.07) is 0. The van der Waals surface area contributed by atoms with Gasteiger partial charge in [-0.05, 0) is 63.5 Å². The number of carbonyl (C=O) groups excluding carboxylic acids is 1. The maximum Gasteiger partial charge on any atom is 0.329 e. The Kier molecular flexibility index (Phi) is 5.62. The van der Waals surface area contributed by atoms with Gasteiger partial charge in [0.25, 0.3) is 0 Å². The summed E-state index contributed by atoms with van der Waals surface area (Å²) in [5, 5.41) is 15.7. The molecule has 2 fully saturated rings. The molecule has 2 rings (SSSR count). The molecule has 1 aliphatic heterocycles. The molecule has 0 aromatic carbocycles. The molecule has 120 valence electrons. The van der Waals surface area contributed by atoms with E-state index in [0.29, 0.717) is 31.1 Å². The van der Waals surface area contributed by atoms with Crippen molar-refractivity contribution in [2.24, 2.45) is 11.8 Å². The van der Waals surface area contributed by atoms with Crippen LogP contribution in [0.3, 0.4) is 0 Å². The molecule has 5 heteroatoms. The second-order valence-corrected chi connectivity index (χ2v) is 6.68. The summed E-state index contributed by atoms with van der Waals surface area (Å²) in [5.41, 5.74) is -1.02. The standard InChI is InChI=1S/C16H28N2O3/c1-2-12-5-8-16(9-6-12,15(20)21)18-14(19)4-3-13-7-10-17-11-13/h12-13,17H,2-11H2,1H3,(H,18,19)(H,20,21). The highest BCUT2D eigenvalue weighted by Gasteiger charge is 2.42. The van der Waals surface area contributed by atoms with E-state index in [1.165, 1.54) is 0 Å². The summed E-state index contributed by atoms with van der Waals surface area (Å²) in [6.45, 7) is 4.16. The minimum atomic E-state index is -1.02. The van der Waals surface area contributed by atoms with Gasteiger partial charge in [-0.1, -0.05) is 13.3 Å². The average Bonchev–Trinajstić information content (AvgIpc) is 2.99. The Balaban J connectivity index is 1.84. The lowest BCUT2D eigenvalue weighted by atomic mass is 9.75. The largest absolute Gasteiger partial charge is 0.480 e. The minimum absolute atomic E-state index is 0.0979. The molecule has 0 aromatic heterocycles. The Morgan fingerprint density at radius 2 is 1.95 bits per heavy atom. The summed E-state index contributed by atoms with van der Waals surface area (Å²) >= 11 is 0. The van der Waals surface area contributed by atoms with E-state index in [4.69, 9.17) is 0 Å². The molecule has 1 atom stereocenters. The summed E-state index contributed by atoms with van der Waals surface area (Å²) in [6.07, 6.45) is 6.44. The van der Waals surface area contributed by atoms with E-state index in [1.54, 1.807) is 0 Å². The van der Waals surface area contributed by atoms with Crippen LogP contribution < -0.4 is 10.6 Å². The molecule has 2 aliphatic rings. The minimum Gasteiger partial charge on any atom is -0.480 e. The van der Waals surface area contributed by atoms with Gasteiger partial charge < -0.3 is 15.7 Å².